The van der Waals surface area contributed by atoms with Crippen LogP contribution in [-0.4, -0.2) is 5.91 Å². The maximum Gasteiger partial charge on any atom is 0.217 e. The van der Waals surface area contributed by atoms with Crippen LogP contribution in [0.2, 0.25) is 0 Å². The molecule has 0 aliphatic carbocycles. The number of nitrogens with zero attached hydrogens (tertiary/aromatic N) is 1. The molecule has 1 aromatic heterocycles. The lowest BCUT2D eigenvalue weighted by atomic mass is 10.2. The van der Waals surface area contributed by atoms with E-state index in [2.05, 4.69) is 0 Å². The maximum atomic E-state index is 10.4. The topological polar surface area (TPSA) is 66.9 Å². The van der Waals surface area contributed by atoms with Crippen molar-refractivity contribution in [1.82, 2.24) is 0 Å². The molecule has 0 saturated heterocycles. The van der Waals surface area contributed by atoms with Gasteiger partial charge in [-0.15, -0.1) is 11.3 Å². The van der Waals surface area contributed by atoms with E-state index in [1.54, 1.807) is 6.07 Å². The summed E-state index contributed by atoms with van der Waals surface area (Å²) >= 11 is 1.41. The number of nitriles is 1. The largest absolute Gasteiger partial charge is 0.370 e. The first-order valence-electron chi connectivity index (χ1n) is 3.49. The molecule has 0 saturated carbocycles. The molecule has 1 heterocycles. The van der Waals surface area contributed by atoms with E-state index in [1.165, 1.54) is 11.3 Å². The fraction of sp³-hybridized carbons (Fsp3) is 0.250. The van der Waals surface area contributed by atoms with Gasteiger partial charge in [-0.25, -0.2) is 0 Å². The van der Waals surface area contributed by atoms with Gasteiger partial charge in [0.15, 0.2) is 0 Å². The van der Waals surface area contributed by atoms with Crippen LogP contribution < -0.4 is 5.73 Å². The van der Waals surface area contributed by atoms with Gasteiger partial charge in [0.25, 0.3) is 0 Å². The number of carbonyl (C=O) groups excluding carboxylic acids is 1. The highest BCUT2D eigenvalue weighted by Crippen LogP contribution is 2.16. The number of thiophene rings is 1. The van der Waals surface area contributed by atoms with Crippen LogP contribution in [0.15, 0.2) is 12.1 Å². The van der Waals surface area contributed by atoms with Gasteiger partial charge >= 0.3 is 0 Å². The van der Waals surface area contributed by atoms with Crippen LogP contribution in [-0.2, 0) is 11.2 Å². The van der Waals surface area contributed by atoms with E-state index in [4.69, 9.17) is 11.0 Å². The molecule has 0 aliphatic rings. The van der Waals surface area contributed by atoms with Gasteiger partial charge in [0.1, 0.15) is 10.9 Å². The molecule has 62 valence electrons. The fourth-order valence-corrected chi connectivity index (χ4v) is 1.62. The lowest BCUT2D eigenvalue weighted by Crippen LogP contribution is -2.10. The van der Waals surface area contributed by atoms with Gasteiger partial charge in [0, 0.05) is 11.3 Å². The van der Waals surface area contributed by atoms with Gasteiger partial charge in [0.2, 0.25) is 5.91 Å². The zero-order valence-electron chi connectivity index (χ0n) is 6.41. The fourth-order valence-electron chi connectivity index (χ4n) is 0.819. The van der Waals surface area contributed by atoms with E-state index in [9.17, 15) is 4.79 Å². The second-order valence-corrected chi connectivity index (χ2v) is 3.51. The SMILES string of the molecule is N#Cc1ccc(CCC(N)=O)s1. The summed E-state index contributed by atoms with van der Waals surface area (Å²) in [6, 6.07) is 5.64. The van der Waals surface area contributed by atoms with Crippen molar-refractivity contribution in [3.8, 4) is 6.07 Å². The molecule has 0 aromatic carbocycles. The summed E-state index contributed by atoms with van der Waals surface area (Å²) in [6.45, 7) is 0. The number of carbonyl (C=O) groups is 1. The van der Waals surface area contributed by atoms with E-state index < -0.39 is 0 Å². The van der Waals surface area contributed by atoms with Crippen molar-refractivity contribution in [3.63, 3.8) is 0 Å². The van der Waals surface area contributed by atoms with Crippen LogP contribution in [0.5, 0.6) is 0 Å². The Bertz CT molecular complexity index is 324. The maximum absolute atomic E-state index is 10.4. The monoisotopic (exact) mass is 180 g/mol. The lowest BCUT2D eigenvalue weighted by Gasteiger charge is -1.90. The highest BCUT2D eigenvalue weighted by atomic mass is 32.1. The Morgan fingerprint density at radius 3 is 2.92 bits per heavy atom. The van der Waals surface area contributed by atoms with Crippen molar-refractivity contribution in [2.45, 2.75) is 12.8 Å². The van der Waals surface area contributed by atoms with E-state index in [0.717, 1.165) is 4.88 Å². The molecule has 0 spiro atoms. The molecule has 0 unspecified atom stereocenters. The Morgan fingerprint density at radius 1 is 1.67 bits per heavy atom. The molecule has 1 rings (SSSR count). The second-order valence-electron chi connectivity index (χ2n) is 2.34. The van der Waals surface area contributed by atoms with E-state index >= 15 is 0 Å². The first-order valence-corrected chi connectivity index (χ1v) is 4.31. The molecule has 1 amide bonds. The molecule has 0 aliphatic heterocycles. The number of primary amides is 1. The number of amides is 1. The van der Waals surface area contributed by atoms with Gasteiger partial charge in [-0.3, -0.25) is 4.79 Å². The van der Waals surface area contributed by atoms with Crippen molar-refractivity contribution in [1.29, 1.82) is 5.26 Å². The summed E-state index contributed by atoms with van der Waals surface area (Å²) < 4.78 is 0. The molecular formula is C8H8N2OS. The van der Waals surface area contributed by atoms with E-state index in [0.29, 0.717) is 17.7 Å². The first kappa shape index (κ1) is 8.75. The third-order valence-corrected chi connectivity index (χ3v) is 2.44. The first-order chi connectivity index (χ1) is 5.72. The van der Waals surface area contributed by atoms with Gasteiger partial charge in [-0.1, -0.05) is 0 Å². The Labute approximate surface area is 74.4 Å². The minimum Gasteiger partial charge on any atom is -0.370 e. The predicted octanol–water partition coefficient (Wildman–Crippen LogP) is 1.04. The van der Waals surface area contributed by atoms with Gasteiger partial charge in [-0.2, -0.15) is 5.26 Å². The van der Waals surface area contributed by atoms with Crippen molar-refractivity contribution >= 4 is 17.2 Å². The van der Waals surface area contributed by atoms with Gasteiger partial charge in [-0.05, 0) is 18.6 Å². The van der Waals surface area contributed by atoms with Crippen LogP contribution in [0.25, 0.3) is 0 Å². The van der Waals surface area contributed by atoms with Crippen LogP contribution in [0, 0.1) is 11.3 Å². The number of aryl methyl sites for hydroxylation is 1. The summed E-state index contributed by atoms with van der Waals surface area (Å²) in [5, 5.41) is 8.50. The Kier molecular flexibility index (Phi) is 2.83. The Morgan fingerprint density at radius 2 is 2.42 bits per heavy atom. The lowest BCUT2D eigenvalue weighted by molar-refractivity contribution is -0.117. The minimum absolute atomic E-state index is 0.304. The van der Waals surface area contributed by atoms with Crippen molar-refractivity contribution in [2.75, 3.05) is 0 Å². The summed E-state index contributed by atoms with van der Waals surface area (Å²) in [4.78, 5) is 12.1. The highest BCUT2D eigenvalue weighted by Gasteiger charge is 2.00. The van der Waals surface area contributed by atoms with Crippen molar-refractivity contribution < 1.29 is 4.79 Å². The smallest absolute Gasteiger partial charge is 0.217 e. The third-order valence-electron chi connectivity index (χ3n) is 1.39. The molecule has 0 atom stereocenters. The molecule has 1 aromatic rings. The normalized spacial score (nSPS) is 9.25. The van der Waals surface area contributed by atoms with Crippen LogP contribution in [0.1, 0.15) is 16.2 Å². The summed E-state index contributed by atoms with van der Waals surface area (Å²) in [6.07, 6.45) is 0.993. The predicted molar refractivity (Wildman–Crippen MR) is 46.5 cm³/mol. The standard InChI is InChI=1S/C8H8N2OS/c9-5-7-2-1-6(12-7)3-4-8(10)11/h1-2H,3-4H2,(H2,10,11). The zero-order valence-corrected chi connectivity index (χ0v) is 7.23. The molecule has 0 bridgehead atoms. The number of nitrogens with two attached hydrogens (primary N) is 1. The van der Waals surface area contributed by atoms with E-state index in [1.807, 2.05) is 12.1 Å². The third kappa shape index (κ3) is 2.36. The number of rotatable bonds is 3. The molecule has 3 nitrogen and oxygen atoms in total. The zero-order chi connectivity index (χ0) is 8.97. The molecule has 12 heavy (non-hydrogen) atoms. The summed E-state index contributed by atoms with van der Waals surface area (Å²) in [7, 11) is 0. The molecular weight excluding hydrogens is 172 g/mol. The average Bonchev–Trinajstić information content (AvgIpc) is 2.48. The Balaban J connectivity index is 2.54. The summed E-state index contributed by atoms with van der Waals surface area (Å²) in [5.74, 6) is -0.304. The average molecular weight is 180 g/mol. The van der Waals surface area contributed by atoms with Crippen molar-refractivity contribution in [2.24, 2.45) is 5.73 Å². The highest BCUT2D eigenvalue weighted by molar-refractivity contribution is 7.12. The molecule has 4 heteroatoms. The van der Waals surface area contributed by atoms with Crippen LogP contribution in [0.3, 0.4) is 0 Å². The van der Waals surface area contributed by atoms with Gasteiger partial charge < -0.3 is 5.73 Å². The van der Waals surface area contributed by atoms with E-state index in [-0.39, 0.29) is 5.91 Å². The minimum atomic E-state index is -0.304. The quantitative estimate of drug-likeness (QED) is 0.755. The Hall–Kier alpha value is -1.34. The van der Waals surface area contributed by atoms with Crippen LogP contribution >= 0.6 is 11.3 Å². The number of hydrogen-bond acceptors (Lipinski definition) is 3. The second kappa shape index (κ2) is 3.88. The van der Waals surface area contributed by atoms with Crippen molar-refractivity contribution in [3.05, 3.63) is 21.9 Å². The molecule has 0 fully saturated rings. The molecule has 0 radical (unpaired) electrons. The molecule has 2 N–H and O–H groups in total. The van der Waals surface area contributed by atoms with Gasteiger partial charge in [0.05, 0.1) is 0 Å². The van der Waals surface area contributed by atoms with Crippen LogP contribution in [0.4, 0.5) is 0 Å². The summed E-state index contributed by atoms with van der Waals surface area (Å²) in [5.41, 5.74) is 4.98. The number of hydrogen-bond donors (Lipinski definition) is 1.